The van der Waals surface area contributed by atoms with E-state index in [4.69, 9.17) is 10.2 Å². The molecule has 0 atom stereocenters. The highest BCUT2D eigenvalue weighted by atomic mass is 16.4. The van der Waals surface area contributed by atoms with Crippen molar-refractivity contribution in [3.8, 4) is 0 Å². The van der Waals surface area contributed by atoms with Crippen molar-refractivity contribution in [1.82, 2.24) is 0 Å². The molecule has 0 rings (SSSR count). The van der Waals surface area contributed by atoms with Gasteiger partial charge in [-0.15, -0.1) is 0 Å². The predicted molar refractivity (Wildman–Crippen MR) is 32.4 cm³/mol. The highest BCUT2D eigenvalue weighted by Gasteiger charge is 2.10. The molecule has 0 unspecified atom stereocenters. The minimum atomic E-state index is -1.09. The van der Waals surface area contributed by atoms with Crippen LogP contribution in [0.2, 0.25) is 0 Å². The van der Waals surface area contributed by atoms with Crippen molar-refractivity contribution in [2.24, 2.45) is 0 Å². The van der Waals surface area contributed by atoms with Gasteiger partial charge in [-0.25, -0.2) is 14.2 Å². The Bertz CT molecular complexity index is 156. The summed E-state index contributed by atoms with van der Waals surface area (Å²) in [5.41, 5.74) is 0. The summed E-state index contributed by atoms with van der Waals surface area (Å²) in [7, 11) is 0. The van der Waals surface area contributed by atoms with Crippen LogP contribution in [0.15, 0.2) is 0 Å². The molecule has 0 aromatic carbocycles. The first kappa shape index (κ1) is 8.61. The Kier molecular flexibility index (Phi) is 3.10. The highest BCUT2D eigenvalue weighted by molar-refractivity contribution is 5.70. The Balaban J connectivity index is 3.65. The number of nitrogens with zero attached hydrogens (tertiary/aromatic N) is 1. The van der Waals surface area contributed by atoms with E-state index in [-0.39, 0.29) is 13.1 Å². The molecule has 56 valence electrons. The predicted octanol–water partition coefficient (Wildman–Crippen LogP) is -1.13. The lowest BCUT2D eigenvalue weighted by molar-refractivity contribution is -0.500. The van der Waals surface area contributed by atoms with Gasteiger partial charge in [0.05, 0.1) is 0 Å². The van der Waals surface area contributed by atoms with Gasteiger partial charge in [-0.05, 0) is 0 Å². The van der Waals surface area contributed by atoms with E-state index < -0.39 is 11.9 Å². The van der Waals surface area contributed by atoms with Gasteiger partial charge in [0.15, 0.2) is 0 Å². The molecule has 2 N–H and O–H groups in total. The Morgan fingerprint density at radius 2 is 1.50 bits per heavy atom. The first-order valence-electron chi connectivity index (χ1n) is 2.51. The van der Waals surface area contributed by atoms with E-state index in [1.165, 1.54) is 0 Å². The smallest absolute Gasteiger partial charge is 0.369 e. The van der Waals surface area contributed by atoms with Crippen LogP contribution in [-0.4, -0.2) is 46.5 Å². The van der Waals surface area contributed by atoms with Crippen LogP contribution in [0.3, 0.4) is 0 Å². The second kappa shape index (κ2) is 3.60. The van der Waals surface area contributed by atoms with E-state index in [1.54, 1.807) is 0 Å². The van der Waals surface area contributed by atoms with E-state index in [0.717, 1.165) is 4.58 Å². The molecule has 0 spiro atoms. The summed E-state index contributed by atoms with van der Waals surface area (Å²) in [5.74, 6) is -2.17. The zero-order valence-corrected chi connectivity index (χ0v) is 5.28. The molecule has 0 radical (unpaired) electrons. The van der Waals surface area contributed by atoms with Crippen molar-refractivity contribution in [3.63, 3.8) is 0 Å². The van der Waals surface area contributed by atoms with E-state index >= 15 is 0 Å². The van der Waals surface area contributed by atoms with Crippen LogP contribution in [0.5, 0.6) is 0 Å². The maximum absolute atomic E-state index is 9.92. The van der Waals surface area contributed by atoms with Crippen LogP contribution in [0.25, 0.3) is 0 Å². The average molecular weight is 146 g/mol. The fourth-order valence-electron chi connectivity index (χ4n) is 0.438. The maximum Gasteiger partial charge on any atom is 0.369 e. The summed E-state index contributed by atoms with van der Waals surface area (Å²) in [4.78, 5) is 19.8. The maximum atomic E-state index is 9.92. The largest absolute Gasteiger partial charge is 0.477 e. The van der Waals surface area contributed by atoms with Crippen molar-refractivity contribution in [2.75, 3.05) is 13.1 Å². The number of carboxylic acids is 2. The van der Waals surface area contributed by atoms with Gasteiger partial charge in [0, 0.05) is 0 Å². The van der Waals surface area contributed by atoms with Gasteiger partial charge in [-0.1, -0.05) is 0 Å². The summed E-state index contributed by atoms with van der Waals surface area (Å²) in [6.07, 6.45) is 0. The summed E-state index contributed by atoms with van der Waals surface area (Å²) in [6.45, 7) is 2.48. The number of hydrogen-bond donors (Lipinski definition) is 2. The average Bonchev–Trinajstić information content (AvgIpc) is 1.58. The fraction of sp³-hybridized carbons (Fsp3) is 0.400. The zero-order chi connectivity index (χ0) is 8.15. The Morgan fingerprint density at radius 1 is 1.20 bits per heavy atom. The molecular weight excluding hydrogens is 138 g/mol. The molecule has 0 aromatic rings. The van der Waals surface area contributed by atoms with Crippen LogP contribution in [-0.2, 0) is 9.59 Å². The third-order valence-electron chi connectivity index (χ3n) is 0.718. The molecule has 0 bridgehead atoms. The number of rotatable bonds is 4. The molecule has 0 aromatic heterocycles. The lowest BCUT2D eigenvalue weighted by Gasteiger charge is -1.91. The molecule has 0 aliphatic heterocycles. The van der Waals surface area contributed by atoms with Crippen LogP contribution in [0.4, 0.5) is 0 Å². The van der Waals surface area contributed by atoms with E-state index in [9.17, 15) is 9.59 Å². The molecule has 5 heteroatoms. The van der Waals surface area contributed by atoms with Gasteiger partial charge >= 0.3 is 11.9 Å². The molecule has 0 saturated heterocycles. The van der Waals surface area contributed by atoms with Gasteiger partial charge in [0.2, 0.25) is 13.1 Å². The van der Waals surface area contributed by atoms with E-state index in [1.807, 2.05) is 0 Å². The second-order valence-electron chi connectivity index (χ2n) is 1.77. The Labute approximate surface area is 57.2 Å². The van der Waals surface area contributed by atoms with Crippen molar-refractivity contribution < 1.29 is 24.4 Å². The number of carboxylic acid groups (broad SMARTS) is 2. The first-order valence-corrected chi connectivity index (χ1v) is 2.51. The topological polar surface area (TPSA) is 77.6 Å². The van der Waals surface area contributed by atoms with Crippen molar-refractivity contribution in [1.29, 1.82) is 0 Å². The first-order chi connectivity index (χ1) is 4.52. The third kappa shape index (κ3) is 4.76. The van der Waals surface area contributed by atoms with Gasteiger partial charge in [0.25, 0.3) is 0 Å². The van der Waals surface area contributed by atoms with Crippen LogP contribution in [0.1, 0.15) is 0 Å². The number of aliphatic carboxylic acids is 2. The lowest BCUT2D eigenvalue weighted by atomic mass is 10.5. The van der Waals surface area contributed by atoms with Gasteiger partial charge in [-0.3, -0.25) is 0 Å². The minimum absolute atomic E-state index is 0.355. The molecule has 0 saturated carbocycles. The van der Waals surface area contributed by atoms with Crippen LogP contribution in [0, 0.1) is 0 Å². The minimum Gasteiger partial charge on any atom is -0.477 e. The standard InChI is InChI=1S/C5H7NO4/c1-6(2-4(7)8)3-5(9)10/h1-3H2,(H-,7,8,9,10)/p+1. The zero-order valence-electron chi connectivity index (χ0n) is 5.28. The van der Waals surface area contributed by atoms with E-state index in [0.29, 0.717) is 0 Å². The molecular formula is C5H8NO4+. The quantitative estimate of drug-likeness (QED) is 0.388. The number of carbonyl (C=O) groups is 2. The molecule has 0 fully saturated rings. The lowest BCUT2D eigenvalue weighted by Crippen LogP contribution is -2.24. The molecule has 0 aliphatic carbocycles. The Morgan fingerprint density at radius 3 is 1.70 bits per heavy atom. The molecule has 0 amide bonds. The monoisotopic (exact) mass is 146 g/mol. The Hall–Kier alpha value is -1.39. The highest BCUT2D eigenvalue weighted by Crippen LogP contribution is 1.72. The summed E-state index contributed by atoms with van der Waals surface area (Å²) in [6, 6.07) is 0. The van der Waals surface area contributed by atoms with Gasteiger partial charge < -0.3 is 10.2 Å². The van der Waals surface area contributed by atoms with E-state index in [2.05, 4.69) is 6.72 Å². The number of hydrogen-bond acceptors (Lipinski definition) is 2. The molecule has 0 heterocycles. The van der Waals surface area contributed by atoms with Gasteiger partial charge in [0.1, 0.15) is 6.72 Å². The van der Waals surface area contributed by atoms with Gasteiger partial charge in [-0.2, -0.15) is 0 Å². The van der Waals surface area contributed by atoms with Crippen molar-refractivity contribution >= 4 is 18.7 Å². The second-order valence-corrected chi connectivity index (χ2v) is 1.77. The van der Waals surface area contributed by atoms with Crippen LogP contribution < -0.4 is 0 Å². The van der Waals surface area contributed by atoms with Crippen molar-refractivity contribution in [2.45, 2.75) is 0 Å². The third-order valence-corrected chi connectivity index (χ3v) is 0.718. The van der Waals surface area contributed by atoms with Crippen LogP contribution >= 0.6 is 0 Å². The molecule has 5 nitrogen and oxygen atoms in total. The fourth-order valence-corrected chi connectivity index (χ4v) is 0.438. The summed E-state index contributed by atoms with van der Waals surface area (Å²) < 4.78 is 0.949. The van der Waals surface area contributed by atoms with Crippen molar-refractivity contribution in [3.05, 3.63) is 0 Å². The molecule has 0 aliphatic rings. The normalized spacial score (nSPS) is 8.80. The SMILES string of the molecule is C=[N+](CC(=O)O)CC(=O)O. The summed E-state index contributed by atoms with van der Waals surface area (Å²) in [5, 5.41) is 16.2. The summed E-state index contributed by atoms with van der Waals surface area (Å²) >= 11 is 0. The molecule has 10 heavy (non-hydrogen) atoms.